The van der Waals surface area contributed by atoms with Crippen LogP contribution >= 0.6 is 0 Å². The summed E-state index contributed by atoms with van der Waals surface area (Å²) < 4.78 is 41.9. The first-order chi connectivity index (χ1) is 17.8. The summed E-state index contributed by atoms with van der Waals surface area (Å²) in [5.74, 6) is -1.49. The van der Waals surface area contributed by atoms with Crippen LogP contribution in [-0.4, -0.2) is 43.3 Å². The molecule has 0 aliphatic rings. The second-order valence-electron chi connectivity index (χ2n) is 10.2. The first-order valence-corrected chi connectivity index (χ1v) is 13.7. The van der Waals surface area contributed by atoms with Crippen LogP contribution in [0.1, 0.15) is 38.8 Å². The predicted octanol–water partition coefficient (Wildman–Crippen LogP) is 4.66. The van der Waals surface area contributed by atoms with Crippen molar-refractivity contribution in [1.29, 1.82) is 0 Å². The Hall–Kier alpha value is -3.72. The van der Waals surface area contributed by atoms with E-state index >= 15 is 0 Å². The molecule has 3 aromatic carbocycles. The number of carbonyl (C=O) groups is 2. The molecule has 3 rings (SSSR count). The first kappa shape index (κ1) is 28.8. The van der Waals surface area contributed by atoms with Crippen molar-refractivity contribution in [1.82, 2.24) is 10.2 Å². The third kappa shape index (κ3) is 7.41. The van der Waals surface area contributed by atoms with Crippen LogP contribution in [0, 0.1) is 12.7 Å². The minimum absolute atomic E-state index is 0.108. The van der Waals surface area contributed by atoms with E-state index in [1.165, 1.54) is 4.90 Å². The Kier molecular flexibility index (Phi) is 8.93. The van der Waals surface area contributed by atoms with Crippen LogP contribution in [0.4, 0.5) is 10.1 Å². The summed E-state index contributed by atoms with van der Waals surface area (Å²) in [6.45, 7) is 8.57. The Morgan fingerprint density at radius 2 is 1.50 bits per heavy atom. The topological polar surface area (TPSA) is 86.8 Å². The monoisotopic (exact) mass is 539 g/mol. The van der Waals surface area contributed by atoms with Crippen LogP contribution in [0.5, 0.6) is 0 Å². The molecule has 0 unspecified atom stereocenters. The van der Waals surface area contributed by atoms with Crippen LogP contribution < -0.4 is 9.62 Å². The van der Waals surface area contributed by atoms with Crippen LogP contribution in [0.15, 0.2) is 83.8 Å². The standard InChI is InChI=1S/C29H34FN3O4S/c1-21-11-15-25(16-12-21)33(38(36,37)26-17-13-24(30)14-18-26)20-27(34)32(19-23-9-7-6-8-10-23)22(2)28(35)31-29(3,4)5/h6-18,22H,19-20H2,1-5H3,(H,31,35)/t22-/m1/s1. The van der Waals surface area contributed by atoms with Crippen molar-refractivity contribution in [2.45, 2.75) is 57.6 Å². The molecule has 0 heterocycles. The number of carbonyl (C=O) groups excluding carboxylic acids is 2. The minimum atomic E-state index is -4.24. The quantitative estimate of drug-likeness (QED) is 0.429. The molecular formula is C29H34FN3O4S. The number of aryl methyl sites for hydroxylation is 1. The molecule has 0 aromatic heterocycles. The van der Waals surface area contributed by atoms with Gasteiger partial charge in [0.25, 0.3) is 10.0 Å². The maximum Gasteiger partial charge on any atom is 0.264 e. The fourth-order valence-corrected chi connectivity index (χ4v) is 5.22. The van der Waals surface area contributed by atoms with Gasteiger partial charge < -0.3 is 10.2 Å². The van der Waals surface area contributed by atoms with Gasteiger partial charge in [0.15, 0.2) is 0 Å². The second kappa shape index (κ2) is 11.8. The molecule has 7 nitrogen and oxygen atoms in total. The Bertz CT molecular complexity index is 1350. The Morgan fingerprint density at radius 3 is 2.05 bits per heavy atom. The molecule has 1 N–H and O–H groups in total. The van der Waals surface area contributed by atoms with Crippen molar-refractivity contribution in [3.8, 4) is 0 Å². The highest BCUT2D eigenvalue weighted by molar-refractivity contribution is 7.92. The molecule has 1 atom stereocenters. The largest absolute Gasteiger partial charge is 0.350 e. The summed E-state index contributed by atoms with van der Waals surface area (Å²) in [5.41, 5.74) is 1.46. The number of halogens is 1. The molecule has 0 bridgehead atoms. The van der Waals surface area contributed by atoms with E-state index in [1.807, 2.05) is 58.0 Å². The van der Waals surface area contributed by atoms with E-state index in [2.05, 4.69) is 5.32 Å². The lowest BCUT2D eigenvalue weighted by Crippen LogP contribution is -2.54. The second-order valence-corrected chi connectivity index (χ2v) is 12.1. The third-order valence-corrected chi connectivity index (χ3v) is 7.65. The van der Waals surface area contributed by atoms with Crippen molar-refractivity contribution in [3.05, 3.63) is 95.8 Å². The third-order valence-electron chi connectivity index (χ3n) is 5.86. The molecule has 0 saturated heterocycles. The smallest absolute Gasteiger partial charge is 0.264 e. The zero-order valence-electron chi connectivity index (χ0n) is 22.3. The fraction of sp³-hybridized carbons (Fsp3) is 0.310. The van der Waals surface area contributed by atoms with Gasteiger partial charge in [0.05, 0.1) is 10.6 Å². The summed E-state index contributed by atoms with van der Waals surface area (Å²) in [4.78, 5) is 28.1. The molecule has 202 valence electrons. The molecule has 0 aliphatic carbocycles. The SMILES string of the molecule is Cc1ccc(N(CC(=O)N(Cc2ccccc2)[C@H](C)C(=O)NC(C)(C)C)S(=O)(=O)c2ccc(F)cc2)cc1. The van der Waals surface area contributed by atoms with Gasteiger partial charge in [-0.15, -0.1) is 0 Å². The number of nitrogens with zero attached hydrogens (tertiary/aromatic N) is 2. The van der Waals surface area contributed by atoms with Gasteiger partial charge in [-0.05, 0) is 76.6 Å². The van der Waals surface area contributed by atoms with E-state index in [1.54, 1.807) is 31.2 Å². The molecule has 0 saturated carbocycles. The molecule has 2 amide bonds. The van der Waals surface area contributed by atoms with Gasteiger partial charge in [-0.2, -0.15) is 0 Å². The number of hydrogen-bond donors (Lipinski definition) is 1. The number of hydrogen-bond acceptors (Lipinski definition) is 4. The highest BCUT2D eigenvalue weighted by Crippen LogP contribution is 2.25. The van der Waals surface area contributed by atoms with Gasteiger partial charge in [-0.1, -0.05) is 48.0 Å². The minimum Gasteiger partial charge on any atom is -0.350 e. The van der Waals surface area contributed by atoms with Gasteiger partial charge in [-0.25, -0.2) is 12.8 Å². The number of anilines is 1. The molecule has 0 fully saturated rings. The summed E-state index contributed by atoms with van der Waals surface area (Å²) in [7, 11) is -4.24. The van der Waals surface area contributed by atoms with Crippen molar-refractivity contribution in [3.63, 3.8) is 0 Å². The van der Waals surface area contributed by atoms with E-state index in [4.69, 9.17) is 0 Å². The maximum absolute atomic E-state index is 13.8. The number of benzene rings is 3. The van der Waals surface area contributed by atoms with Gasteiger partial charge in [0, 0.05) is 12.1 Å². The lowest BCUT2D eigenvalue weighted by Gasteiger charge is -2.33. The average Bonchev–Trinajstić information content (AvgIpc) is 2.85. The Balaban J connectivity index is 2.02. The lowest BCUT2D eigenvalue weighted by atomic mass is 10.1. The molecule has 3 aromatic rings. The van der Waals surface area contributed by atoms with E-state index in [0.29, 0.717) is 0 Å². The molecule has 0 spiro atoms. The summed E-state index contributed by atoms with van der Waals surface area (Å²) in [5, 5.41) is 2.89. The molecule has 0 aliphatic heterocycles. The lowest BCUT2D eigenvalue weighted by molar-refractivity contribution is -0.140. The number of nitrogens with one attached hydrogen (secondary N) is 1. The van der Waals surface area contributed by atoms with Crippen LogP contribution in [0.3, 0.4) is 0 Å². The zero-order valence-corrected chi connectivity index (χ0v) is 23.1. The summed E-state index contributed by atoms with van der Waals surface area (Å²) in [6, 6.07) is 19.5. The Morgan fingerprint density at radius 1 is 0.921 bits per heavy atom. The van der Waals surface area contributed by atoms with Gasteiger partial charge in [0.1, 0.15) is 18.4 Å². The molecule has 38 heavy (non-hydrogen) atoms. The highest BCUT2D eigenvalue weighted by Gasteiger charge is 2.33. The summed E-state index contributed by atoms with van der Waals surface area (Å²) in [6.07, 6.45) is 0. The van der Waals surface area contributed by atoms with Crippen LogP contribution in [-0.2, 0) is 26.2 Å². The Labute approximate surface area is 224 Å². The van der Waals surface area contributed by atoms with Crippen molar-refractivity contribution in [2.75, 3.05) is 10.8 Å². The fourth-order valence-electron chi connectivity index (χ4n) is 3.81. The van der Waals surface area contributed by atoms with Gasteiger partial charge in [0.2, 0.25) is 11.8 Å². The normalized spacial score (nSPS) is 12.5. The van der Waals surface area contributed by atoms with Crippen molar-refractivity contribution in [2.24, 2.45) is 0 Å². The van der Waals surface area contributed by atoms with E-state index in [-0.39, 0.29) is 23.0 Å². The zero-order chi connectivity index (χ0) is 28.1. The highest BCUT2D eigenvalue weighted by atomic mass is 32.2. The van der Waals surface area contributed by atoms with Crippen molar-refractivity contribution < 1.29 is 22.4 Å². The van der Waals surface area contributed by atoms with Crippen LogP contribution in [0.25, 0.3) is 0 Å². The number of amides is 2. The summed E-state index contributed by atoms with van der Waals surface area (Å²) >= 11 is 0. The van der Waals surface area contributed by atoms with Crippen LogP contribution in [0.2, 0.25) is 0 Å². The maximum atomic E-state index is 13.8. The van der Waals surface area contributed by atoms with Gasteiger partial charge in [-0.3, -0.25) is 13.9 Å². The molecular weight excluding hydrogens is 505 g/mol. The van der Waals surface area contributed by atoms with E-state index in [0.717, 1.165) is 39.7 Å². The van der Waals surface area contributed by atoms with Crippen molar-refractivity contribution >= 4 is 27.5 Å². The molecule has 0 radical (unpaired) electrons. The number of sulfonamides is 1. The van der Waals surface area contributed by atoms with E-state index < -0.39 is 39.9 Å². The average molecular weight is 540 g/mol. The van der Waals surface area contributed by atoms with Gasteiger partial charge >= 0.3 is 0 Å². The number of rotatable bonds is 9. The first-order valence-electron chi connectivity index (χ1n) is 12.3. The van der Waals surface area contributed by atoms with E-state index in [9.17, 15) is 22.4 Å². The molecule has 9 heteroatoms. The predicted molar refractivity (Wildman–Crippen MR) is 146 cm³/mol.